The quantitative estimate of drug-likeness (QED) is 0.498. The normalized spacial score (nSPS) is 10.1. The predicted octanol–water partition coefficient (Wildman–Crippen LogP) is 8.48. The van der Waals surface area contributed by atoms with Crippen molar-refractivity contribution < 1.29 is 0 Å². The van der Waals surface area contributed by atoms with E-state index in [-0.39, 0.29) is 0 Å². The van der Waals surface area contributed by atoms with E-state index in [2.05, 4.69) is 62.4 Å². The Morgan fingerprint density at radius 2 is 0.786 bits per heavy atom. The van der Waals surface area contributed by atoms with Crippen LogP contribution in [0.4, 0.5) is 0 Å². The first-order valence-electron chi connectivity index (χ1n) is 10.2. The van der Waals surface area contributed by atoms with Gasteiger partial charge in [0, 0.05) is 0 Å². The van der Waals surface area contributed by atoms with Gasteiger partial charge in [0.15, 0.2) is 0 Å². The van der Waals surface area contributed by atoms with Gasteiger partial charge in [0.1, 0.15) is 0 Å². The van der Waals surface area contributed by atoms with Crippen molar-refractivity contribution in [2.24, 2.45) is 0 Å². The van der Waals surface area contributed by atoms with Crippen LogP contribution in [0.2, 0.25) is 0 Å². The van der Waals surface area contributed by atoms with Crippen LogP contribution < -0.4 is 0 Å². The summed E-state index contributed by atoms with van der Waals surface area (Å²) in [7, 11) is 0. The topological polar surface area (TPSA) is 0 Å². The molecule has 1 unspecified atom stereocenters. The van der Waals surface area contributed by atoms with Crippen LogP contribution in [0.15, 0.2) is 127 Å². The van der Waals surface area contributed by atoms with Crippen LogP contribution >= 0.6 is 0 Å². The van der Waals surface area contributed by atoms with E-state index in [1.54, 1.807) is 0 Å². The second-order valence-electron chi connectivity index (χ2n) is 6.53. The van der Waals surface area contributed by atoms with E-state index in [0.29, 0.717) is 5.92 Å². The summed E-state index contributed by atoms with van der Waals surface area (Å²) < 4.78 is 0. The molecule has 0 amide bonds. The van der Waals surface area contributed by atoms with Crippen molar-refractivity contribution in [3.05, 3.63) is 133 Å². The standard InChI is InChI=1S/C28H34/c1-3-4-24-27(2)28-25-22-20-18-16-14-12-10-8-6-5-7-9-11-13-15-17-19-21-23-26-28/h5-23,25-27H,3-4,24H2,1-2H3. The van der Waals surface area contributed by atoms with Crippen LogP contribution in [0.1, 0.15) is 44.6 Å². The molecule has 0 fully saturated rings. The Hall–Kier alpha value is -2.86. The lowest BCUT2D eigenvalue weighted by atomic mass is 9.96. The summed E-state index contributed by atoms with van der Waals surface area (Å²) in [5, 5.41) is 0. The van der Waals surface area contributed by atoms with Gasteiger partial charge in [-0.1, -0.05) is 154 Å². The first kappa shape index (κ1) is 23.2. The molecule has 1 atom stereocenters. The molecule has 1 aromatic rings. The molecule has 0 nitrogen and oxygen atoms in total. The molecule has 0 aliphatic rings. The maximum Gasteiger partial charge on any atom is -0.0190 e. The van der Waals surface area contributed by atoms with Crippen molar-refractivity contribution in [1.29, 1.82) is 0 Å². The zero-order valence-corrected chi connectivity index (χ0v) is 17.3. The zero-order chi connectivity index (χ0) is 20.1. The van der Waals surface area contributed by atoms with Crippen LogP contribution in [0.3, 0.4) is 0 Å². The van der Waals surface area contributed by atoms with Gasteiger partial charge < -0.3 is 0 Å². The molecule has 0 aliphatic carbocycles. The molecule has 0 N–H and O–H groups in total. The maximum absolute atomic E-state index is 2.31. The van der Waals surface area contributed by atoms with E-state index in [4.69, 9.17) is 0 Å². The van der Waals surface area contributed by atoms with Crippen molar-refractivity contribution in [3.63, 3.8) is 0 Å². The molecular formula is C28H34. The molecule has 0 heteroatoms. The average molecular weight is 371 g/mol. The van der Waals surface area contributed by atoms with Crippen molar-refractivity contribution in [3.8, 4) is 0 Å². The fourth-order valence-corrected chi connectivity index (χ4v) is 2.48. The molecule has 0 heterocycles. The molecule has 146 valence electrons. The summed E-state index contributed by atoms with van der Waals surface area (Å²) in [5.41, 5.74) is 1.36. The summed E-state index contributed by atoms with van der Waals surface area (Å²) in [4.78, 5) is 0. The summed E-state index contributed by atoms with van der Waals surface area (Å²) in [6, 6.07) is 43.3. The van der Waals surface area contributed by atoms with Crippen LogP contribution in [0.25, 0.3) is 0 Å². The third kappa shape index (κ3) is 13.4. The van der Waals surface area contributed by atoms with Crippen molar-refractivity contribution in [2.75, 3.05) is 0 Å². The molecule has 1 rings (SSSR count). The summed E-state index contributed by atoms with van der Waals surface area (Å²) in [6.07, 6.45) is 3.73. The third-order valence-corrected chi connectivity index (χ3v) is 4.14. The average Bonchev–Trinajstić information content (AvgIpc) is 2.70. The van der Waals surface area contributed by atoms with Crippen molar-refractivity contribution in [2.45, 2.75) is 39.0 Å². The van der Waals surface area contributed by atoms with Gasteiger partial charge in [0.25, 0.3) is 0 Å². The van der Waals surface area contributed by atoms with E-state index >= 15 is 0 Å². The Morgan fingerprint density at radius 1 is 0.500 bits per heavy atom. The largest absolute Gasteiger partial charge is 0.0654 e. The minimum atomic E-state index is 0.562. The Morgan fingerprint density at radius 3 is 1.07 bits per heavy atom. The van der Waals surface area contributed by atoms with Crippen LogP contribution in [0.5, 0.6) is 0 Å². The van der Waals surface area contributed by atoms with Gasteiger partial charge in [-0.3, -0.25) is 0 Å². The van der Waals surface area contributed by atoms with Crippen LogP contribution in [0, 0.1) is 0 Å². The number of unbranched alkanes of at least 4 members (excludes halogenated alkanes) is 1. The van der Waals surface area contributed by atoms with Gasteiger partial charge in [0.05, 0.1) is 0 Å². The van der Waals surface area contributed by atoms with Gasteiger partial charge >= 0.3 is 0 Å². The van der Waals surface area contributed by atoms with Crippen molar-refractivity contribution >= 4 is 0 Å². The number of hydrogen-bond acceptors (Lipinski definition) is 0. The highest BCUT2D eigenvalue weighted by Gasteiger charge is 2.01. The molecule has 0 spiro atoms. The first-order chi connectivity index (χ1) is 13.8. The highest BCUT2D eigenvalue weighted by Crippen LogP contribution is 2.19. The van der Waals surface area contributed by atoms with Gasteiger partial charge in [-0.15, -0.1) is 0 Å². The monoisotopic (exact) mass is 370 g/mol. The SMILES string of the molecule is CCCCC(C)c1ccccccccccccccccccccc1. The fourth-order valence-electron chi connectivity index (χ4n) is 2.48. The lowest BCUT2D eigenvalue weighted by Gasteiger charge is -2.09. The van der Waals surface area contributed by atoms with E-state index < -0.39 is 0 Å². The Labute approximate surface area is 172 Å². The molecule has 0 radical (unpaired) electrons. The van der Waals surface area contributed by atoms with Crippen molar-refractivity contribution in [1.82, 2.24) is 0 Å². The second kappa shape index (κ2) is 17.5. The number of hydrogen-bond donors (Lipinski definition) is 0. The smallest absolute Gasteiger partial charge is 0.0190 e. The minimum Gasteiger partial charge on any atom is -0.0654 e. The van der Waals surface area contributed by atoms with E-state index in [9.17, 15) is 0 Å². The van der Waals surface area contributed by atoms with Gasteiger partial charge in [-0.2, -0.15) is 0 Å². The summed E-state index contributed by atoms with van der Waals surface area (Å²) in [6.45, 7) is 4.56. The second-order valence-corrected chi connectivity index (χ2v) is 6.53. The van der Waals surface area contributed by atoms with E-state index in [1.165, 1.54) is 24.8 Å². The highest BCUT2D eigenvalue weighted by atomic mass is 14.1. The lowest BCUT2D eigenvalue weighted by Crippen LogP contribution is -1.91. The predicted molar refractivity (Wildman–Crippen MR) is 125 cm³/mol. The molecule has 1 aromatic carbocycles. The lowest BCUT2D eigenvalue weighted by molar-refractivity contribution is 0.624. The van der Waals surface area contributed by atoms with E-state index in [0.717, 1.165) is 0 Å². The molecule has 0 saturated heterocycles. The van der Waals surface area contributed by atoms with Crippen LogP contribution in [-0.2, 0) is 0 Å². The van der Waals surface area contributed by atoms with Crippen LogP contribution in [-0.4, -0.2) is 0 Å². The maximum atomic E-state index is 2.31. The molecule has 0 saturated carbocycles. The fraction of sp³-hybridized carbons (Fsp3) is 0.214. The highest BCUT2D eigenvalue weighted by molar-refractivity contribution is 5.15. The summed E-state index contributed by atoms with van der Waals surface area (Å²) in [5.74, 6) is 0.562. The van der Waals surface area contributed by atoms with Gasteiger partial charge in [0.2, 0.25) is 0 Å². The molecular weight excluding hydrogens is 336 g/mol. The van der Waals surface area contributed by atoms with Gasteiger partial charge in [-0.05, 0) is 17.9 Å². The Bertz CT molecular complexity index is 705. The molecule has 28 heavy (non-hydrogen) atoms. The minimum absolute atomic E-state index is 0.562. The molecule has 0 aliphatic heterocycles. The first-order valence-corrected chi connectivity index (χ1v) is 10.2. The molecule has 0 bridgehead atoms. The van der Waals surface area contributed by atoms with Gasteiger partial charge in [-0.25, -0.2) is 0 Å². The summed E-state index contributed by atoms with van der Waals surface area (Å²) >= 11 is 0. The molecule has 0 aromatic heterocycles. The zero-order valence-electron chi connectivity index (χ0n) is 17.3. The Balaban J connectivity index is 3.21. The Kier molecular flexibility index (Phi) is 14.5. The third-order valence-electron chi connectivity index (χ3n) is 4.14. The number of rotatable bonds is 4. The van der Waals surface area contributed by atoms with E-state index in [1.807, 2.05) is 78.9 Å².